The summed E-state index contributed by atoms with van der Waals surface area (Å²) in [4.78, 5) is 38.1. The van der Waals surface area contributed by atoms with Crippen LogP contribution in [0.3, 0.4) is 0 Å². The van der Waals surface area contributed by atoms with Crippen molar-refractivity contribution in [2.24, 2.45) is 0 Å². The lowest BCUT2D eigenvalue weighted by molar-refractivity contribution is -0.870. The molecule has 0 saturated heterocycles. The molecule has 10 heteroatoms. The van der Waals surface area contributed by atoms with Crippen molar-refractivity contribution in [3.63, 3.8) is 0 Å². The Kier molecular flexibility index (Phi) is 68.2. The highest BCUT2D eigenvalue weighted by molar-refractivity contribution is 7.45. The maximum absolute atomic E-state index is 12.9. The van der Waals surface area contributed by atoms with Crippen LogP contribution in [0.25, 0.3) is 0 Å². The molecule has 0 aliphatic heterocycles. The first-order valence-electron chi connectivity index (χ1n) is 38.7. The molecule has 9 nitrogen and oxygen atoms in total. The molecule has 0 spiro atoms. The van der Waals surface area contributed by atoms with E-state index in [0.29, 0.717) is 17.4 Å². The van der Waals surface area contributed by atoms with E-state index in [1.165, 1.54) is 315 Å². The van der Waals surface area contributed by atoms with Crippen molar-refractivity contribution in [2.45, 2.75) is 405 Å². The number of hydrogen-bond donors (Lipinski definition) is 0. The van der Waals surface area contributed by atoms with Crippen molar-refractivity contribution in [2.75, 3.05) is 47.5 Å². The van der Waals surface area contributed by atoms with Gasteiger partial charge in [-0.2, -0.15) is 0 Å². The number of likely N-dealkylation sites (N-methyl/N-ethyl adjacent to an activating group) is 1. The van der Waals surface area contributed by atoms with Gasteiger partial charge in [-0.1, -0.05) is 371 Å². The molecular formula is C78H150NO8P. The molecule has 88 heavy (non-hydrogen) atoms. The molecule has 520 valence electrons. The number of carbonyl (C=O) groups excluding carboxylic acids is 2. The summed E-state index contributed by atoms with van der Waals surface area (Å²) >= 11 is 0. The van der Waals surface area contributed by atoms with Crippen LogP contribution in [0.5, 0.6) is 0 Å². The quantitative estimate of drug-likeness (QED) is 0.0195. The summed E-state index contributed by atoms with van der Waals surface area (Å²) in [7, 11) is 1.19. The molecule has 0 fully saturated rings. The van der Waals surface area contributed by atoms with Gasteiger partial charge in [0.05, 0.1) is 27.7 Å². The Bertz CT molecular complexity index is 1580. The highest BCUT2D eigenvalue weighted by Gasteiger charge is 2.22. The standard InChI is InChI=1S/C78H150NO8P/c1-6-8-10-12-14-16-18-20-22-24-26-28-30-32-34-36-37-38-39-40-41-43-44-46-48-50-52-54-56-58-60-62-64-66-68-70-77(80)84-74-76(75-86-88(82,83)85-73-72-79(3,4)5)87-78(81)71-69-67-65-63-61-59-57-55-53-51-49-47-45-42-35-33-31-29-27-25-23-21-19-17-15-13-11-9-7-2/h19,21,25,27,31,33,76H,6-18,20,22-24,26,28-30,32,34-75H2,1-5H3/b21-19-,27-25-,33-31-. The average Bonchev–Trinajstić information content (AvgIpc) is 3.68. The third-order valence-electron chi connectivity index (χ3n) is 17.7. The van der Waals surface area contributed by atoms with E-state index in [1.807, 2.05) is 21.1 Å². The molecule has 2 atom stereocenters. The zero-order chi connectivity index (χ0) is 64.1. The van der Waals surface area contributed by atoms with Crippen LogP contribution in [0.2, 0.25) is 0 Å². The molecule has 0 amide bonds. The topological polar surface area (TPSA) is 111 Å². The third-order valence-corrected chi connectivity index (χ3v) is 18.6. The van der Waals surface area contributed by atoms with Gasteiger partial charge >= 0.3 is 11.9 Å². The molecule has 0 aromatic rings. The van der Waals surface area contributed by atoms with Crippen molar-refractivity contribution >= 4 is 19.8 Å². The number of phosphoric acid groups is 1. The number of phosphoric ester groups is 1. The summed E-state index contributed by atoms with van der Waals surface area (Å²) < 4.78 is 34.4. The summed E-state index contributed by atoms with van der Waals surface area (Å²) in [5.74, 6) is -0.812. The maximum atomic E-state index is 12.9. The second-order valence-corrected chi connectivity index (χ2v) is 29.1. The van der Waals surface area contributed by atoms with Crippen molar-refractivity contribution in [1.82, 2.24) is 0 Å². The van der Waals surface area contributed by atoms with Crippen molar-refractivity contribution in [1.29, 1.82) is 0 Å². The van der Waals surface area contributed by atoms with Crippen molar-refractivity contribution in [3.05, 3.63) is 36.5 Å². The summed E-state index contributed by atoms with van der Waals surface area (Å²) in [6, 6.07) is 0. The molecule has 2 unspecified atom stereocenters. The second kappa shape index (κ2) is 69.6. The Morgan fingerprint density at radius 2 is 0.614 bits per heavy atom. The molecule has 0 aliphatic carbocycles. The molecule has 0 saturated carbocycles. The Hall–Kier alpha value is -1.77. The first-order valence-corrected chi connectivity index (χ1v) is 40.2. The molecule has 0 heterocycles. The Balaban J connectivity index is 3.93. The van der Waals surface area contributed by atoms with Gasteiger partial charge in [0.15, 0.2) is 6.10 Å². The highest BCUT2D eigenvalue weighted by Crippen LogP contribution is 2.38. The van der Waals surface area contributed by atoms with E-state index in [1.54, 1.807) is 0 Å². The van der Waals surface area contributed by atoms with E-state index >= 15 is 0 Å². The predicted molar refractivity (Wildman–Crippen MR) is 379 cm³/mol. The number of quaternary nitrogens is 1. The van der Waals surface area contributed by atoms with Crippen LogP contribution in [0.4, 0.5) is 0 Å². The van der Waals surface area contributed by atoms with E-state index in [-0.39, 0.29) is 32.0 Å². The van der Waals surface area contributed by atoms with Crippen LogP contribution < -0.4 is 4.89 Å². The first kappa shape index (κ1) is 86.2. The Labute approximate surface area is 548 Å². The minimum atomic E-state index is -4.64. The Morgan fingerprint density at radius 3 is 0.909 bits per heavy atom. The van der Waals surface area contributed by atoms with Crippen molar-refractivity contribution < 1.29 is 42.1 Å². The molecule has 0 aromatic carbocycles. The van der Waals surface area contributed by atoms with Crippen LogP contribution in [0.15, 0.2) is 36.5 Å². The molecular weight excluding hydrogens is 1110 g/mol. The summed E-state index contributed by atoms with van der Waals surface area (Å²) in [5, 5.41) is 0. The zero-order valence-electron chi connectivity index (χ0n) is 59.5. The monoisotopic (exact) mass is 1260 g/mol. The molecule has 0 aliphatic rings. The minimum Gasteiger partial charge on any atom is -0.756 e. The largest absolute Gasteiger partial charge is 0.756 e. The van der Waals surface area contributed by atoms with E-state index in [0.717, 1.165) is 51.4 Å². The SMILES string of the molecule is CCCCCCC/C=C\C/C=C\C/C=C\CCCCCCCCCCCCCCCCC(=O)OC(COC(=O)CCCCCCCCCCCCCCCCCCCCCCCCCCCCCCCCCCCCC)COP(=O)([O-])OCC[N+](C)(C)C. The number of ether oxygens (including phenoxy) is 2. The molecule has 0 aromatic heterocycles. The lowest BCUT2D eigenvalue weighted by Crippen LogP contribution is -2.37. The number of nitrogens with zero attached hydrogens (tertiary/aromatic N) is 1. The van der Waals surface area contributed by atoms with E-state index in [4.69, 9.17) is 18.5 Å². The smallest absolute Gasteiger partial charge is 0.306 e. The third kappa shape index (κ3) is 73.3. The lowest BCUT2D eigenvalue weighted by Gasteiger charge is -2.28. The molecule has 0 bridgehead atoms. The number of rotatable bonds is 73. The van der Waals surface area contributed by atoms with Crippen LogP contribution in [-0.4, -0.2) is 70.0 Å². The first-order chi connectivity index (χ1) is 43.0. The lowest BCUT2D eigenvalue weighted by atomic mass is 10.0. The number of allylic oxidation sites excluding steroid dienone is 6. The van der Waals surface area contributed by atoms with Crippen molar-refractivity contribution in [3.8, 4) is 0 Å². The molecule has 0 rings (SSSR count). The van der Waals surface area contributed by atoms with E-state index in [9.17, 15) is 19.0 Å². The number of esters is 2. The van der Waals surface area contributed by atoms with Crippen LogP contribution >= 0.6 is 7.82 Å². The van der Waals surface area contributed by atoms with Gasteiger partial charge in [-0.3, -0.25) is 14.2 Å². The van der Waals surface area contributed by atoms with Gasteiger partial charge in [-0.15, -0.1) is 0 Å². The minimum absolute atomic E-state index is 0.0284. The van der Waals surface area contributed by atoms with Crippen LogP contribution in [0, 0.1) is 0 Å². The summed E-state index contributed by atoms with van der Waals surface area (Å²) in [6.45, 7) is 4.31. The second-order valence-electron chi connectivity index (χ2n) is 27.7. The fourth-order valence-electron chi connectivity index (χ4n) is 11.7. The maximum Gasteiger partial charge on any atom is 0.306 e. The summed E-state index contributed by atoms with van der Waals surface area (Å²) in [6.07, 6.45) is 89.8. The van der Waals surface area contributed by atoms with Gasteiger partial charge < -0.3 is 27.9 Å². The van der Waals surface area contributed by atoms with E-state index < -0.39 is 26.5 Å². The highest BCUT2D eigenvalue weighted by atomic mass is 31.2. The van der Waals surface area contributed by atoms with Gasteiger partial charge in [0.25, 0.3) is 7.82 Å². The molecule has 0 N–H and O–H groups in total. The van der Waals surface area contributed by atoms with Gasteiger partial charge in [-0.05, 0) is 51.4 Å². The fourth-order valence-corrected chi connectivity index (χ4v) is 12.5. The van der Waals surface area contributed by atoms with Gasteiger partial charge in [0, 0.05) is 12.8 Å². The summed E-state index contributed by atoms with van der Waals surface area (Å²) in [5.41, 5.74) is 0. The zero-order valence-corrected chi connectivity index (χ0v) is 60.4. The van der Waals surface area contributed by atoms with Crippen LogP contribution in [0.1, 0.15) is 399 Å². The number of carbonyl (C=O) groups is 2. The van der Waals surface area contributed by atoms with Gasteiger partial charge in [-0.25, -0.2) is 0 Å². The molecule has 0 radical (unpaired) electrons. The Morgan fingerprint density at radius 1 is 0.352 bits per heavy atom. The normalized spacial score (nSPS) is 13.2. The van der Waals surface area contributed by atoms with Gasteiger partial charge in [0.2, 0.25) is 0 Å². The number of hydrogen-bond acceptors (Lipinski definition) is 8. The van der Waals surface area contributed by atoms with Gasteiger partial charge in [0.1, 0.15) is 19.8 Å². The average molecular weight is 1260 g/mol. The predicted octanol–water partition coefficient (Wildman–Crippen LogP) is 24.8. The number of unbranched alkanes of at least 4 members (excludes halogenated alkanes) is 53. The fraction of sp³-hybridized carbons (Fsp3) is 0.897. The van der Waals surface area contributed by atoms with E-state index in [2.05, 4.69) is 50.3 Å². The van der Waals surface area contributed by atoms with Crippen LogP contribution in [-0.2, 0) is 32.7 Å².